The van der Waals surface area contributed by atoms with Gasteiger partial charge in [-0.1, -0.05) is 23.7 Å². The summed E-state index contributed by atoms with van der Waals surface area (Å²) < 4.78 is 7.00. The molecule has 0 aliphatic heterocycles. The number of anilines is 1. The van der Waals surface area contributed by atoms with E-state index in [0.717, 1.165) is 22.5 Å². The van der Waals surface area contributed by atoms with Crippen LogP contribution < -0.4 is 10.1 Å². The molecule has 1 amide bonds. The van der Waals surface area contributed by atoms with Gasteiger partial charge in [0.2, 0.25) is 0 Å². The van der Waals surface area contributed by atoms with Gasteiger partial charge in [-0.25, -0.2) is 9.67 Å². The molecule has 0 radical (unpaired) electrons. The van der Waals surface area contributed by atoms with E-state index >= 15 is 0 Å². The van der Waals surface area contributed by atoms with Crippen molar-refractivity contribution in [2.45, 2.75) is 20.8 Å². The van der Waals surface area contributed by atoms with Crippen molar-refractivity contribution >= 4 is 34.2 Å². The summed E-state index contributed by atoms with van der Waals surface area (Å²) in [6.45, 7) is 5.82. The van der Waals surface area contributed by atoms with E-state index in [2.05, 4.69) is 15.4 Å². The molecule has 0 unspecified atom stereocenters. The molecule has 0 fully saturated rings. The first-order valence-electron chi connectivity index (χ1n) is 9.45. The van der Waals surface area contributed by atoms with E-state index in [4.69, 9.17) is 16.3 Å². The lowest BCUT2D eigenvalue weighted by Crippen LogP contribution is -2.13. The summed E-state index contributed by atoms with van der Waals surface area (Å²) in [5.41, 5.74) is 5.22. The van der Waals surface area contributed by atoms with Crippen LogP contribution in [0, 0.1) is 20.8 Å². The Morgan fingerprint density at radius 1 is 1.10 bits per heavy atom. The molecule has 0 saturated heterocycles. The number of ether oxygens (including phenoxy) is 1. The van der Waals surface area contributed by atoms with E-state index in [-0.39, 0.29) is 5.91 Å². The quantitative estimate of drug-likeness (QED) is 0.489. The average Bonchev–Trinajstić information content (AvgIpc) is 3.05. The third-order valence-corrected chi connectivity index (χ3v) is 5.22. The predicted octanol–water partition coefficient (Wildman–Crippen LogP) is 5.26. The van der Waals surface area contributed by atoms with E-state index in [0.29, 0.717) is 33.1 Å². The van der Waals surface area contributed by atoms with Gasteiger partial charge in [0.1, 0.15) is 5.75 Å². The molecular weight excluding hydrogens is 400 g/mol. The molecule has 0 bridgehead atoms. The molecule has 6 nitrogen and oxygen atoms in total. The van der Waals surface area contributed by atoms with Crippen molar-refractivity contribution in [3.8, 4) is 11.4 Å². The number of carbonyl (C=O) groups excluding carboxylic acids is 1. The van der Waals surface area contributed by atoms with Gasteiger partial charge < -0.3 is 10.1 Å². The number of aryl methyl sites for hydroxylation is 3. The summed E-state index contributed by atoms with van der Waals surface area (Å²) in [5, 5.41) is 8.47. The molecule has 0 spiro atoms. The second-order valence-electron chi connectivity index (χ2n) is 7.21. The lowest BCUT2D eigenvalue weighted by molar-refractivity contribution is 0.102. The Bertz CT molecular complexity index is 1260. The van der Waals surface area contributed by atoms with Crippen LogP contribution in [0.5, 0.6) is 5.75 Å². The van der Waals surface area contributed by atoms with Crippen LogP contribution in [0.4, 0.5) is 5.69 Å². The van der Waals surface area contributed by atoms with Crippen molar-refractivity contribution in [3.63, 3.8) is 0 Å². The zero-order valence-electron chi connectivity index (χ0n) is 17.2. The molecule has 0 aliphatic carbocycles. The molecule has 0 atom stereocenters. The van der Waals surface area contributed by atoms with Gasteiger partial charge in [-0.05, 0) is 56.2 Å². The largest absolute Gasteiger partial charge is 0.497 e. The lowest BCUT2D eigenvalue weighted by Gasteiger charge is -2.10. The smallest absolute Gasteiger partial charge is 0.258 e. The summed E-state index contributed by atoms with van der Waals surface area (Å²) in [7, 11) is 1.61. The van der Waals surface area contributed by atoms with Crippen LogP contribution in [0.2, 0.25) is 5.02 Å². The maximum Gasteiger partial charge on any atom is 0.258 e. The summed E-state index contributed by atoms with van der Waals surface area (Å²) in [6, 6.07) is 13.4. The molecule has 2 aromatic carbocycles. The minimum absolute atomic E-state index is 0.302. The fraction of sp³-hybridized carbons (Fsp3) is 0.174. The predicted molar refractivity (Wildman–Crippen MR) is 119 cm³/mol. The Kier molecular flexibility index (Phi) is 5.18. The first kappa shape index (κ1) is 19.9. The summed E-state index contributed by atoms with van der Waals surface area (Å²) >= 11 is 6.65. The van der Waals surface area contributed by atoms with Crippen molar-refractivity contribution < 1.29 is 9.53 Å². The van der Waals surface area contributed by atoms with Crippen molar-refractivity contribution in [2.75, 3.05) is 12.4 Å². The molecular formula is C23H21ClN4O2. The zero-order valence-corrected chi connectivity index (χ0v) is 17.9. The van der Waals surface area contributed by atoms with Gasteiger partial charge in [-0.15, -0.1) is 0 Å². The summed E-state index contributed by atoms with van der Waals surface area (Å²) in [4.78, 5) is 17.4. The number of rotatable bonds is 4. The SMILES string of the molecule is COc1cccc(-n2nc(C)c3c(Cl)c(C(=O)Nc4cc(C)cc(C)c4)cnc32)c1. The van der Waals surface area contributed by atoms with Gasteiger partial charge in [0.15, 0.2) is 5.65 Å². The zero-order chi connectivity index (χ0) is 21.4. The first-order chi connectivity index (χ1) is 14.4. The van der Waals surface area contributed by atoms with Gasteiger partial charge in [0.05, 0.1) is 34.5 Å². The number of carbonyl (C=O) groups is 1. The van der Waals surface area contributed by atoms with E-state index in [1.54, 1.807) is 11.8 Å². The van der Waals surface area contributed by atoms with Gasteiger partial charge in [0.25, 0.3) is 5.91 Å². The number of benzene rings is 2. The first-order valence-corrected chi connectivity index (χ1v) is 9.83. The van der Waals surface area contributed by atoms with Crippen molar-refractivity contribution in [2.24, 2.45) is 0 Å². The molecule has 1 N–H and O–H groups in total. The molecule has 30 heavy (non-hydrogen) atoms. The second kappa shape index (κ2) is 7.80. The van der Waals surface area contributed by atoms with Crippen LogP contribution in [0.3, 0.4) is 0 Å². The molecule has 4 rings (SSSR count). The van der Waals surface area contributed by atoms with Crippen molar-refractivity contribution in [1.82, 2.24) is 14.8 Å². The van der Waals surface area contributed by atoms with E-state index in [9.17, 15) is 4.79 Å². The van der Waals surface area contributed by atoms with Crippen molar-refractivity contribution in [3.05, 3.63) is 76.1 Å². The highest BCUT2D eigenvalue weighted by Gasteiger charge is 2.20. The highest BCUT2D eigenvalue weighted by Crippen LogP contribution is 2.31. The highest BCUT2D eigenvalue weighted by molar-refractivity contribution is 6.39. The van der Waals surface area contributed by atoms with Crippen LogP contribution in [0.25, 0.3) is 16.7 Å². The lowest BCUT2D eigenvalue weighted by atomic mass is 10.1. The number of aromatic nitrogens is 3. The number of nitrogens with one attached hydrogen (secondary N) is 1. The number of fused-ring (bicyclic) bond motifs is 1. The van der Waals surface area contributed by atoms with Crippen LogP contribution in [-0.4, -0.2) is 27.8 Å². The monoisotopic (exact) mass is 420 g/mol. The Morgan fingerprint density at radius 2 is 1.83 bits per heavy atom. The Labute approximate surface area is 179 Å². The maximum atomic E-state index is 12.9. The number of methoxy groups -OCH3 is 1. The molecule has 0 saturated carbocycles. The van der Waals surface area contributed by atoms with Crippen LogP contribution in [-0.2, 0) is 0 Å². The number of nitrogens with zero attached hydrogens (tertiary/aromatic N) is 3. The normalized spacial score (nSPS) is 11.0. The van der Waals surface area contributed by atoms with Gasteiger partial charge in [-0.2, -0.15) is 5.10 Å². The van der Waals surface area contributed by atoms with Gasteiger partial charge >= 0.3 is 0 Å². The van der Waals surface area contributed by atoms with Crippen LogP contribution in [0.15, 0.2) is 48.7 Å². The fourth-order valence-corrected chi connectivity index (χ4v) is 3.89. The topological polar surface area (TPSA) is 69.0 Å². The molecule has 2 aromatic heterocycles. The van der Waals surface area contributed by atoms with E-state index in [1.165, 1.54) is 6.20 Å². The third-order valence-electron chi connectivity index (χ3n) is 4.83. The van der Waals surface area contributed by atoms with E-state index < -0.39 is 0 Å². The number of hydrogen-bond donors (Lipinski definition) is 1. The second-order valence-corrected chi connectivity index (χ2v) is 7.59. The minimum Gasteiger partial charge on any atom is -0.497 e. The Balaban J connectivity index is 1.75. The fourth-order valence-electron chi connectivity index (χ4n) is 3.53. The van der Waals surface area contributed by atoms with E-state index in [1.807, 2.05) is 63.2 Å². The number of amides is 1. The molecule has 2 heterocycles. The minimum atomic E-state index is -0.312. The van der Waals surface area contributed by atoms with Crippen LogP contribution in [0.1, 0.15) is 27.2 Å². The molecule has 152 valence electrons. The molecule has 0 aliphatic rings. The number of halogens is 1. The number of hydrogen-bond acceptors (Lipinski definition) is 4. The molecule has 7 heteroatoms. The summed E-state index contributed by atoms with van der Waals surface area (Å²) in [6.07, 6.45) is 1.49. The van der Waals surface area contributed by atoms with Crippen molar-refractivity contribution in [1.29, 1.82) is 0 Å². The highest BCUT2D eigenvalue weighted by atomic mass is 35.5. The Morgan fingerprint density at radius 3 is 2.53 bits per heavy atom. The van der Waals surface area contributed by atoms with Gasteiger partial charge in [0, 0.05) is 18.0 Å². The van der Waals surface area contributed by atoms with Gasteiger partial charge in [-0.3, -0.25) is 4.79 Å². The third kappa shape index (κ3) is 3.62. The maximum absolute atomic E-state index is 12.9. The average molecular weight is 421 g/mol. The Hall–Kier alpha value is -3.38. The molecule has 4 aromatic rings. The number of pyridine rings is 1. The van der Waals surface area contributed by atoms with Crippen LogP contribution >= 0.6 is 11.6 Å². The summed E-state index contributed by atoms with van der Waals surface area (Å²) in [5.74, 6) is 0.400. The standard InChI is InChI=1S/C23H21ClN4O2/c1-13-8-14(2)10-16(9-13)26-23(29)19-12-25-22-20(21(19)24)15(3)27-28(22)17-6-5-7-18(11-17)30-4/h5-12H,1-4H3,(H,26,29).